The Morgan fingerprint density at radius 2 is 1.90 bits per heavy atom. The molecule has 0 bridgehead atoms. The SMILES string of the molecule is CCC(C)O[Si]1(C2CO2)OC(CC)C(C)(C(C)CC)O1. The molecule has 0 spiro atoms. The van der Waals surface area contributed by atoms with Crippen molar-refractivity contribution in [3.05, 3.63) is 0 Å². The predicted octanol–water partition coefficient (Wildman–Crippen LogP) is 3.31. The Hall–Kier alpha value is 0.0569. The minimum absolute atomic E-state index is 0.0523. The van der Waals surface area contributed by atoms with Gasteiger partial charge in [0.15, 0.2) is 5.73 Å². The molecular weight excluding hydrogens is 272 g/mol. The molecule has 2 rings (SSSR count). The van der Waals surface area contributed by atoms with Crippen molar-refractivity contribution in [2.45, 2.75) is 84.3 Å². The van der Waals surface area contributed by atoms with Crippen molar-refractivity contribution in [2.75, 3.05) is 6.61 Å². The molecule has 6 atom stereocenters. The Labute approximate surface area is 124 Å². The van der Waals surface area contributed by atoms with Crippen molar-refractivity contribution >= 4 is 8.80 Å². The van der Waals surface area contributed by atoms with Gasteiger partial charge in [0.05, 0.1) is 18.3 Å². The van der Waals surface area contributed by atoms with Crippen molar-refractivity contribution in [1.82, 2.24) is 0 Å². The van der Waals surface area contributed by atoms with Gasteiger partial charge in [-0.25, -0.2) is 0 Å². The molecule has 2 fully saturated rings. The Morgan fingerprint density at radius 1 is 1.25 bits per heavy atom. The van der Waals surface area contributed by atoms with Crippen LogP contribution < -0.4 is 0 Å². The average molecular weight is 302 g/mol. The van der Waals surface area contributed by atoms with Gasteiger partial charge < -0.3 is 18.0 Å². The lowest BCUT2D eigenvalue weighted by atomic mass is 9.83. The third kappa shape index (κ3) is 2.83. The first-order valence-electron chi connectivity index (χ1n) is 8.09. The summed E-state index contributed by atoms with van der Waals surface area (Å²) in [5, 5.41) is 0. The molecule has 5 heteroatoms. The highest BCUT2D eigenvalue weighted by molar-refractivity contribution is 6.63. The Balaban J connectivity index is 2.23. The van der Waals surface area contributed by atoms with E-state index in [-0.39, 0.29) is 23.5 Å². The Bertz CT molecular complexity index is 336. The number of rotatable bonds is 7. The van der Waals surface area contributed by atoms with E-state index in [0.29, 0.717) is 5.92 Å². The van der Waals surface area contributed by atoms with Crippen molar-refractivity contribution < 1.29 is 18.0 Å². The lowest BCUT2D eigenvalue weighted by molar-refractivity contribution is -0.00924. The van der Waals surface area contributed by atoms with Crippen LogP contribution in [0, 0.1) is 5.92 Å². The van der Waals surface area contributed by atoms with E-state index in [4.69, 9.17) is 18.0 Å². The van der Waals surface area contributed by atoms with E-state index in [0.717, 1.165) is 25.9 Å². The van der Waals surface area contributed by atoms with Gasteiger partial charge in [0.25, 0.3) is 0 Å². The number of hydrogen-bond donors (Lipinski definition) is 0. The molecule has 0 saturated carbocycles. The third-order valence-corrected chi connectivity index (χ3v) is 8.13. The van der Waals surface area contributed by atoms with Gasteiger partial charge in [-0.2, -0.15) is 0 Å². The first-order chi connectivity index (χ1) is 9.41. The zero-order valence-corrected chi connectivity index (χ0v) is 14.8. The van der Waals surface area contributed by atoms with E-state index in [9.17, 15) is 0 Å². The van der Waals surface area contributed by atoms with Crippen molar-refractivity contribution in [1.29, 1.82) is 0 Å². The fraction of sp³-hybridized carbons (Fsp3) is 1.00. The summed E-state index contributed by atoms with van der Waals surface area (Å²) in [6, 6.07) is 0. The van der Waals surface area contributed by atoms with Gasteiger partial charge in [-0.1, -0.05) is 34.1 Å². The summed E-state index contributed by atoms with van der Waals surface area (Å²) >= 11 is 0. The molecule has 20 heavy (non-hydrogen) atoms. The fourth-order valence-electron chi connectivity index (χ4n) is 2.91. The molecular formula is C15H30O4Si. The van der Waals surface area contributed by atoms with E-state index < -0.39 is 8.80 Å². The molecule has 0 amide bonds. The van der Waals surface area contributed by atoms with Crippen LogP contribution in [0.4, 0.5) is 0 Å². The smallest absolute Gasteiger partial charge is 0.369 e. The first-order valence-corrected chi connectivity index (χ1v) is 9.89. The molecule has 0 aliphatic carbocycles. The lowest BCUT2D eigenvalue weighted by Crippen LogP contribution is -2.52. The second-order valence-electron chi connectivity index (χ2n) is 6.37. The summed E-state index contributed by atoms with van der Waals surface area (Å²) < 4.78 is 24.8. The molecule has 0 aromatic heterocycles. The van der Waals surface area contributed by atoms with Gasteiger partial charge in [-0.05, 0) is 32.6 Å². The average Bonchev–Trinajstić information content (AvgIpc) is 3.24. The minimum Gasteiger partial charge on any atom is -0.369 e. The van der Waals surface area contributed by atoms with Crippen LogP contribution in [0.1, 0.15) is 60.8 Å². The van der Waals surface area contributed by atoms with Gasteiger partial charge in [0.2, 0.25) is 0 Å². The number of hydrogen-bond acceptors (Lipinski definition) is 4. The van der Waals surface area contributed by atoms with Gasteiger partial charge >= 0.3 is 8.80 Å². The standard InChI is InChI=1S/C15H30O4Si/c1-7-11(4)15(6)13(9-3)18-20(19-15,14-10-16-14)17-12(5)8-2/h11-14H,7-10H2,1-6H3. The lowest BCUT2D eigenvalue weighted by Gasteiger charge is -2.35. The summed E-state index contributed by atoms with van der Waals surface area (Å²) in [5.41, 5.74) is -0.203. The summed E-state index contributed by atoms with van der Waals surface area (Å²) in [7, 11) is -2.70. The molecule has 0 aromatic rings. The van der Waals surface area contributed by atoms with Gasteiger partial charge in [0.1, 0.15) is 0 Å². The molecule has 6 unspecified atom stereocenters. The van der Waals surface area contributed by atoms with E-state index in [1.165, 1.54) is 0 Å². The number of ether oxygens (including phenoxy) is 1. The molecule has 0 radical (unpaired) electrons. The highest BCUT2D eigenvalue weighted by atomic mass is 28.4. The van der Waals surface area contributed by atoms with Crippen LogP contribution in [0.3, 0.4) is 0 Å². The first kappa shape index (κ1) is 16.4. The second-order valence-corrected chi connectivity index (χ2v) is 8.90. The van der Waals surface area contributed by atoms with Gasteiger partial charge in [-0.3, -0.25) is 0 Å². The van der Waals surface area contributed by atoms with E-state index in [1.54, 1.807) is 0 Å². The van der Waals surface area contributed by atoms with Crippen molar-refractivity contribution in [3.63, 3.8) is 0 Å². The summed E-state index contributed by atoms with van der Waals surface area (Å²) in [6.45, 7) is 13.7. The normalized spacial score (nSPS) is 43.5. The maximum absolute atomic E-state index is 6.56. The Morgan fingerprint density at radius 3 is 2.35 bits per heavy atom. The highest BCUT2D eigenvalue weighted by Gasteiger charge is 2.68. The predicted molar refractivity (Wildman–Crippen MR) is 80.4 cm³/mol. The van der Waals surface area contributed by atoms with Crippen LogP contribution >= 0.6 is 0 Å². The van der Waals surface area contributed by atoms with Crippen molar-refractivity contribution in [3.8, 4) is 0 Å². The van der Waals surface area contributed by atoms with Crippen LogP contribution in [0.15, 0.2) is 0 Å². The fourth-order valence-corrected chi connectivity index (χ4v) is 6.47. The van der Waals surface area contributed by atoms with E-state index >= 15 is 0 Å². The van der Waals surface area contributed by atoms with Crippen molar-refractivity contribution in [2.24, 2.45) is 5.92 Å². The maximum Gasteiger partial charge on any atom is 0.535 e. The summed E-state index contributed by atoms with van der Waals surface area (Å²) in [5.74, 6) is 0.445. The van der Waals surface area contributed by atoms with Crippen LogP contribution in [0.5, 0.6) is 0 Å². The summed E-state index contributed by atoms with van der Waals surface area (Å²) in [6.07, 6.45) is 3.26. The van der Waals surface area contributed by atoms with Crippen LogP contribution in [-0.2, 0) is 18.0 Å². The zero-order chi connectivity index (χ0) is 15.0. The third-order valence-electron chi connectivity index (χ3n) is 4.94. The van der Waals surface area contributed by atoms with Crippen LogP contribution in [0.2, 0.25) is 0 Å². The minimum atomic E-state index is -2.70. The number of epoxide rings is 1. The molecule has 4 nitrogen and oxygen atoms in total. The maximum atomic E-state index is 6.56. The molecule has 2 heterocycles. The monoisotopic (exact) mass is 302 g/mol. The molecule has 2 aliphatic rings. The molecule has 0 aromatic carbocycles. The zero-order valence-electron chi connectivity index (χ0n) is 13.8. The van der Waals surface area contributed by atoms with Gasteiger partial charge in [-0.15, -0.1) is 0 Å². The van der Waals surface area contributed by atoms with Crippen LogP contribution in [-0.4, -0.2) is 38.9 Å². The largest absolute Gasteiger partial charge is 0.535 e. The van der Waals surface area contributed by atoms with Gasteiger partial charge in [0, 0.05) is 6.10 Å². The topological polar surface area (TPSA) is 40.2 Å². The quantitative estimate of drug-likeness (QED) is 0.534. The van der Waals surface area contributed by atoms with E-state index in [2.05, 4.69) is 41.5 Å². The van der Waals surface area contributed by atoms with Crippen LogP contribution in [0.25, 0.3) is 0 Å². The Kier molecular flexibility index (Phi) is 4.97. The summed E-state index contributed by atoms with van der Waals surface area (Å²) in [4.78, 5) is 0. The molecule has 2 saturated heterocycles. The van der Waals surface area contributed by atoms with E-state index in [1.807, 2.05) is 0 Å². The second kappa shape index (κ2) is 6.05. The highest BCUT2D eigenvalue weighted by Crippen LogP contribution is 2.46. The molecule has 0 N–H and O–H groups in total. The molecule has 2 aliphatic heterocycles. The molecule has 118 valence electrons.